The van der Waals surface area contributed by atoms with Crippen molar-refractivity contribution >= 4 is 17.5 Å². The number of hydrogen-bond donors (Lipinski definition) is 2. The molecule has 0 amide bonds. The van der Waals surface area contributed by atoms with Crippen LogP contribution in [0.15, 0.2) is 11.6 Å². The molecule has 7 heteroatoms. The highest BCUT2D eigenvalue weighted by molar-refractivity contribution is 5.92. The molecule has 3 saturated carbocycles. The summed E-state index contributed by atoms with van der Waals surface area (Å²) in [6.45, 7) is 6.03. The highest BCUT2D eigenvalue weighted by atomic mass is 19.1. The van der Waals surface area contributed by atoms with Gasteiger partial charge in [-0.15, -0.1) is 0 Å². The van der Waals surface area contributed by atoms with Gasteiger partial charge in [0.15, 0.2) is 12.4 Å². The van der Waals surface area contributed by atoms with Crippen molar-refractivity contribution in [1.82, 2.24) is 0 Å². The summed E-state index contributed by atoms with van der Waals surface area (Å²) in [5, 5.41) is 23.0. The first-order chi connectivity index (χ1) is 14.3. The van der Waals surface area contributed by atoms with Crippen molar-refractivity contribution in [2.45, 2.75) is 83.6 Å². The fourth-order valence-electron chi connectivity index (χ4n) is 7.78. The zero-order valence-electron chi connectivity index (χ0n) is 18.7. The highest BCUT2D eigenvalue weighted by Gasteiger charge is 2.75. The number of allylic oxidation sites excluding steroid dienone is 1. The molecule has 8 atom stereocenters. The molecule has 0 heterocycles. The van der Waals surface area contributed by atoms with Crippen LogP contribution in [0.1, 0.15) is 66.2 Å². The van der Waals surface area contributed by atoms with Crippen LogP contribution in [0.4, 0.5) is 4.39 Å². The molecule has 172 valence electrons. The largest absolute Gasteiger partial charge is 0.458 e. The number of halogens is 1. The van der Waals surface area contributed by atoms with E-state index in [9.17, 15) is 24.6 Å². The third-order valence-electron chi connectivity index (χ3n) is 9.45. The number of Topliss-reactive ketones (excluding diaryl/α,β-unsaturated/α-hetero) is 1. The number of ether oxygens (including phenoxy) is 1. The molecule has 0 spiro atoms. The van der Waals surface area contributed by atoms with Gasteiger partial charge in [0.25, 0.3) is 0 Å². The molecule has 0 saturated heterocycles. The van der Waals surface area contributed by atoms with Crippen molar-refractivity contribution in [3.8, 4) is 0 Å². The van der Waals surface area contributed by atoms with Crippen LogP contribution in [-0.4, -0.2) is 51.7 Å². The van der Waals surface area contributed by atoms with E-state index in [0.717, 1.165) is 5.57 Å². The van der Waals surface area contributed by atoms with Crippen LogP contribution in [0.2, 0.25) is 0 Å². The molecule has 0 aliphatic heterocycles. The number of esters is 1. The number of aliphatic hydroxyl groups is 2. The maximum atomic E-state index is 17.1. The number of alkyl halides is 1. The Bertz CT molecular complexity index is 868. The smallest absolute Gasteiger partial charge is 0.303 e. The molecule has 2 N–H and O–H groups in total. The van der Waals surface area contributed by atoms with Crippen LogP contribution < -0.4 is 0 Å². The van der Waals surface area contributed by atoms with E-state index in [2.05, 4.69) is 0 Å². The minimum absolute atomic E-state index is 0.00425. The summed E-state index contributed by atoms with van der Waals surface area (Å²) in [7, 11) is 0. The molecule has 4 aliphatic carbocycles. The Kier molecular flexibility index (Phi) is 5.06. The second-order valence-corrected chi connectivity index (χ2v) is 10.7. The molecule has 0 aromatic heterocycles. The van der Waals surface area contributed by atoms with Crippen LogP contribution in [0.3, 0.4) is 0 Å². The summed E-state index contributed by atoms with van der Waals surface area (Å²) in [6.07, 6.45) is 2.24. The number of aliphatic hydroxyl groups excluding tert-OH is 1. The van der Waals surface area contributed by atoms with E-state index in [0.29, 0.717) is 25.7 Å². The van der Waals surface area contributed by atoms with Crippen LogP contribution in [0.5, 0.6) is 0 Å². The van der Waals surface area contributed by atoms with E-state index in [-0.39, 0.29) is 24.5 Å². The summed E-state index contributed by atoms with van der Waals surface area (Å²) < 4.78 is 21.9. The Hall–Kier alpha value is -1.60. The normalized spacial score (nSPS) is 48.9. The summed E-state index contributed by atoms with van der Waals surface area (Å²) in [4.78, 5) is 36.3. The Morgan fingerprint density at radius 3 is 2.58 bits per heavy atom. The number of carbonyl (C=O) groups is 3. The molecule has 4 rings (SSSR count). The van der Waals surface area contributed by atoms with Crippen molar-refractivity contribution in [1.29, 1.82) is 0 Å². The van der Waals surface area contributed by atoms with Crippen molar-refractivity contribution in [3.63, 3.8) is 0 Å². The first-order valence-electron chi connectivity index (χ1n) is 11.3. The third-order valence-corrected chi connectivity index (χ3v) is 9.45. The van der Waals surface area contributed by atoms with Crippen LogP contribution in [-0.2, 0) is 19.1 Å². The van der Waals surface area contributed by atoms with E-state index in [1.807, 2.05) is 6.92 Å². The molecule has 31 heavy (non-hydrogen) atoms. The third kappa shape index (κ3) is 2.71. The fourth-order valence-corrected chi connectivity index (χ4v) is 7.78. The number of hydrogen-bond acceptors (Lipinski definition) is 6. The van der Waals surface area contributed by atoms with Gasteiger partial charge in [0.2, 0.25) is 5.78 Å². The predicted molar refractivity (Wildman–Crippen MR) is 110 cm³/mol. The quantitative estimate of drug-likeness (QED) is 0.660. The first kappa shape index (κ1) is 22.6. The zero-order chi connectivity index (χ0) is 23.0. The van der Waals surface area contributed by atoms with Gasteiger partial charge < -0.3 is 14.9 Å². The topological polar surface area (TPSA) is 101 Å². The van der Waals surface area contributed by atoms with Crippen LogP contribution in [0.25, 0.3) is 0 Å². The molecule has 6 nitrogen and oxygen atoms in total. The lowest BCUT2D eigenvalue weighted by Gasteiger charge is -2.63. The Labute approximate surface area is 182 Å². The van der Waals surface area contributed by atoms with E-state index in [1.165, 1.54) is 6.92 Å². The molecular weight excluding hydrogens is 403 g/mol. The predicted octanol–water partition coefficient (Wildman–Crippen LogP) is 2.69. The zero-order valence-corrected chi connectivity index (χ0v) is 18.7. The summed E-state index contributed by atoms with van der Waals surface area (Å²) in [6, 6.07) is 0. The number of carbonyl (C=O) groups excluding carboxylic acids is 3. The van der Waals surface area contributed by atoms with E-state index in [1.54, 1.807) is 19.9 Å². The molecule has 0 unspecified atom stereocenters. The van der Waals surface area contributed by atoms with Crippen LogP contribution in [0, 0.1) is 28.6 Å². The van der Waals surface area contributed by atoms with Gasteiger partial charge >= 0.3 is 5.97 Å². The summed E-state index contributed by atoms with van der Waals surface area (Å²) in [5.74, 6) is -2.50. The molecule has 0 radical (unpaired) electrons. The minimum Gasteiger partial charge on any atom is -0.458 e. The van der Waals surface area contributed by atoms with Gasteiger partial charge in [0.1, 0.15) is 11.3 Å². The van der Waals surface area contributed by atoms with E-state index < -0.39 is 58.4 Å². The van der Waals surface area contributed by atoms with E-state index >= 15 is 4.39 Å². The maximum absolute atomic E-state index is 17.1. The lowest BCUT2D eigenvalue weighted by Crippen LogP contribution is -2.70. The van der Waals surface area contributed by atoms with Crippen LogP contribution >= 0.6 is 0 Å². The average molecular weight is 437 g/mol. The van der Waals surface area contributed by atoms with Crippen molar-refractivity contribution in [2.24, 2.45) is 28.6 Å². The van der Waals surface area contributed by atoms with E-state index in [4.69, 9.17) is 4.74 Å². The SMILES string of the molecule is CC(=O)OCC(=O)[C@@]1(O)[C@@H](C)C[C@H]2[C@@H]3CCC4=CC(=O)CC[C@]4(C)[C@@]3(F)[C@@H](O)C[C@@]21C. The summed E-state index contributed by atoms with van der Waals surface area (Å²) >= 11 is 0. The Morgan fingerprint density at radius 1 is 1.26 bits per heavy atom. The van der Waals surface area contributed by atoms with Gasteiger partial charge in [-0.3, -0.25) is 14.4 Å². The van der Waals surface area contributed by atoms with Gasteiger partial charge in [-0.2, -0.15) is 0 Å². The lowest BCUT2D eigenvalue weighted by molar-refractivity contribution is -0.228. The number of fused-ring (bicyclic) bond motifs is 5. The standard InChI is InChI=1S/C24H33FO6/c1-13-9-18-17-6-5-15-10-16(27)7-8-21(15,3)23(17,25)19(28)11-22(18,4)24(13,30)20(29)12-31-14(2)26/h10,13,17-19,28,30H,5-9,11-12H2,1-4H3/t13-,17-,18-,19-,21-,22-,23-,24-/m0/s1. The number of ketones is 2. The Morgan fingerprint density at radius 2 is 1.94 bits per heavy atom. The highest BCUT2D eigenvalue weighted by Crippen LogP contribution is 2.71. The van der Waals surface area contributed by atoms with Gasteiger partial charge in [-0.25, -0.2) is 4.39 Å². The van der Waals surface area contributed by atoms with Crippen molar-refractivity contribution in [2.75, 3.05) is 6.61 Å². The van der Waals surface area contributed by atoms with Gasteiger partial charge in [0.05, 0.1) is 6.10 Å². The van der Waals surface area contributed by atoms with Gasteiger partial charge in [-0.1, -0.05) is 26.3 Å². The fraction of sp³-hybridized carbons (Fsp3) is 0.792. The average Bonchev–Trinajstić information content (AvgIpc) is 2.89. The Balaban J connectivity index is 1.75. The first-order valence-corrected chi connectivity index (χ1v) is 11.3. The summed E-state index contributed by atoms with van der Waals surface area (Å²) in [5.41, 5.74) is -4.93. The molecule has 0 aromatic carbocycles. The number of rotatable bonds is 3. The van der Waals surface area contributed by atoms with Crippen molar-refractivity contribution < 1.29 is 33.7 Å². The minimum atomic E-state index is -1.92. The lowest BCUT2D eigenvalue weighted by atomic mass is 9.44. The molecule has 3 fully saturated rings. The second kappa shape index (κ2) is 6.95. The molecule has 0 bridgehead atoms. The van der Waals surface area contributed by atoms with Gasteiger partial charge in [-0.05, 0) is 50.0 Å². The second-order valence-electron chi connectivity index (χ2n) is 10.7. The maximum Gasteiger partial charge on any atom is 0.303 e. The monoisotopic (exact) mass is 436 g/mol. The molecule has 4 aliphatic rings. The molecule has 0 aromatic rings. The molecular formula is C24H33FO6. The van der Waals surface area contributed by atoms with Crippen molar-refractivity contribution in [3.05, 3.63) is 11.6 Å². The van der Waals surface area contributed by atoms with Gasteiger partial charge in [0, 0.05) is 30.1 Å².